The molecule has 0 saturated heterocycles. The zero-order chi connectivity index (χ0) is 11.1. The maximum Gasteiger partial charge on any atom is 0.0967 e. The van der Waals surface area contributed by atoms with E-state index in [2.05, 4.69) is 41.2 Å². The molecule has 0 bridgehead atoms. The molecule has 0 radical (unpaired) electrons. The van der Waals surface area contributed by atoms with Crippen LogP contribution in [-0.4, -0.2) is 9.97 Å². The van der Waals surface area contributed by atoms with Gasteiger partial charge in [-0.2, -0.15) is 0 Å². The summed E-state index contributed by atoms with van der Waals surface area (Å²) >= 11 is 0. The van der Waals surface area contributed by atoms with Gasteiger partial charge in [-0.3, -0.25) is 9.97 Å². The normalized spacial score (nSPS) is 11.1. The smallest absolute Gasteiger partial charge is 0.0967 e. The van der Waals surface area contributed by atoms with Crippen LogP contribution >= 0.6 is 0 Å². The second-order valence-corrected chi connectivity index (χ2v) is 4.17. The van der Waals surface area contributed by atoms with Gasteiger partial charge in [0.05, 0.1) is 11.0 Å². The summed E-state index contributed by atoms with van der Waals surface area (Å²) in [5.74, 6) is 0. The summed E-state index contributed by atoms with van der Waals surface area (Å²) in [6.07, 6.45) is 1.89. The monoisotopic (exact) mass is 208 g/mol. The molecule has 0 aliphatic carbocycles. The van der Waals surface area contributed by atoms with Crippen LogP contribution in [0.2, 0.25) is 0 Å². The zero-order valence-corrected chi connectivity index (χ0v) is 9.36. The summed E-state index contributed by atoms with van der Waals surface area (Å²) in [6.45, 7) is 4.06. The van der Waals surface area contributed by atoms with E-state index in [1.54, 1.807) is 0 Å². The van der Waals surface area contributed by atoms with Crippen LogP contribution in [0.4, 0.5) is 0 Å². The maximum absolute atomic E-state index is 4.57. The van der Waals surface area contributed by atoms with Gasteiger partial charge in [0, 0.05) is 22.7 Å². The quantitative estimate of drug-likeness (QED) is 0.529. The van der Waals surface area contributed by atoms with Gasteiger partial charge in [0.2, 0.25) is 0 Å². The Bertz CT molecular complexity index is 687. The standard InChI is InChI=1S/C14H12N2/c1-9-7-12-6-5-11-4-3-10(2)16-14(11)13(12)15-8-9/h3-8H,1-2H3. The third kappa shape index (κ3) is 1.34. The average molecular weight is 208 g/mol. The minimum absolute atomic E-state index is 0.992. The minimum Gasteiger partial charge on any atom is -0.254 e. The predicted molar refractivity (Wildman–Crippen MR) is 66.5 cm³/mol. The molecule has 0 atom stereocenters. The van der Waals surface area contributed by atoms with Crippen molar-refractivity contribution < 1.29 is 0 Å². The van der Waals surface area contributed by atoms with Crippen LogP contribution in [-0.2, 0) is 0 Å². The highest BCUT2D eigenvalue weighted by Gasteiger charge is 2.03. The molecule has 0 N–H and O–H groups in total. The fourth-order valence-electron chi connectivity index (χ4n) is 1.99. The Hall–Kier alpha value is -1.96. The summed E-state index contributed by atoms with van der Waals surface area (Å²) < 4.78 is 0. The van der Waals surface area contributed by atoms with Crippen LogP contribution in [0.1, 0.15) is 11.3 Å². The number of pyridine rings is 2. The van der Waals surface area contributed by atoms with Crippen molar-refractivity contribution in [1.82, 2.24) is 9.97 Å². The van der Waals surface area contributed by atoms with Gasteiger partial charge in [-0.25, -0.2) is 0 Å². The Labute approximate surface area is 94.0 Å². The fraction of sp³-hybridized carbons (Fsp3) is 0.143. The second kappa shape index (κ2) is 3.27. The summed E-state index contributed by atoms with van der Waals surface area (Å²) in [4.78, 5) is 9.06. The molecule has 16 heavy (non-hydrogen) atoms. The van der Waals surface area contributed by atoms with Crippen molar-refractivity contribution in [3.05, 3.63) is 47.8 Å². The molecule has 0 aliphatic rings. The van der Waals surface area contributed by atoms with Gasteiger partial charge in [-0.05, 0) is 31.5 Å². The predicted octanol–water partition coefficient (Wildman–Crippen LogP) is 3.40. The van der Waals surface area contributed by atoms with Crippen LogP contribution in [0.3, 0.4) is 0 Å². The van der Waals surface area contributed by atoms with Crippen molar-refractivity contribution in [1.29, 1.82) is 0 Å². The molecule has 2 nitrogen and oxygen atoms in total. The maximum atomic E-state index is 4.57. The lowest BCUT2D eigenvalue weighted by Gasteiger charge is -2.03. The summed E-state index contributed by atoms with van der Waals surface area (Å²) in [5.41, 5.74) is 4.20. The van der Waals surface area contributed by atoms with Crippen LogP contribution in [0.5, 0.6) is 0 Å². The van der Waals surface area contributed by atoms with E-state index >= 15 is 0 Å². The molecular formula is C14H12N2. The molecule has 3 aromatic rings. The topological polar surface area (TPSA) is 25.8 Å². The third-order valence-electron chi connectivity index (χ3n) is 2.79. The molecule has 2 heterocycles. The number of hydrogen-bond acceptors (Lipinski definition) is 2. The van der Waals surface area contributed by atoms with E-state index in [9.17, 15) is 0 Å². The highest BCUT2D eigenvalue weighted by atomic mass is 14.7. The fourth-order valence-corrected chi connectivity index (χ4v) is 1.99. The molecule has 0 unspecified atom stereocenters. The molecule has 78 valence electrons. The Balaban J connectivity index is 2.52. The first-order chi connectivity index (χ1) is 7.74. The van der Waals surface area contributed by atoms with Gasteiger partial charge in [0.1, 0.15) is 0 Å². The molecule has 0 spiro atoms. The van der Waals surface area contributed by atoms with Gasteiger partial charge >= 0.3 is 0 Å². The van der Waals surface area contributed by atoms with Crippen molar-refractivity contribution in [3.8, 4) is 0 Å². The zero-order valence-electron chi connectivity index (χ0n) is 9.36. The number of nitrogens with zero attached hydrogens (tertiary/aromatic N) is 2. The highest BCUT2D eigenvalue weighted by Crippen LogP contribution is 2.22. The Morgan fingerprint density at radius 2 is 1.62 bits per heavy atom. The first-order valence-electron chi connectivity index (χ1n) is 5.37. The Kier molecular flexibility index (Phi) is 1.90. The summed E-state index contributed by atoms with van der Waals surface area (Å²) in [6, 6.07) is 10.5. The van der Waals surface area contributed by atoms with Crippen molar-refractivity contribution >= 4 is 21.8 Å². The number of aryl methyl sites for hydroxylation is 2. The minimum atomic E-state index is 0.992. The average Bonchev–Trinajstić information content (AvgIpc) is 2.28. The van der Waals surface area contributed by atoms with E-state index in [0.717, 1.165) is 27.5 Å². The Morgan fingerprint density at radius 3 is 2.50 bits per heavy atom. The van der Waals surface area contributed by atoms with Crippen molar-refractivity contribution in [2.45, 2.75) is 13.8 Å². The van der Waals surface area contributed by atoms with E-state index in [1.807, 2.05) is 19.2 Å². The molecule has 0 aliphatic heterocycles. The van der Waals surface area contributed by atoms with Crippen molar-refractivity contribution in [3.63, 3.8) is 0 Å². The molecule has 0 amide bonds. The van der Waals surface area contributed by atoms with E-state index in [-0.39, 0.29) is 0 Å². The molecule has 2 aromatic heterocycles. The van der Waals surface area contributed by atoms with Gasteiger partial charge in [0.15, 0.2) is 0 Å². The third-order valence-corrected chi connectivity index (χ3v) is 2.79. The van der Waals surface area contributed by atoms with Crippen LogP contribution in [0, 0.1) is 13.8 Å². The van der Waals surface area contributed by atoms with Gasteiger partial charge < -0.3 is 0 Å². The highest BCUT2D eigenvalue weighted by molar-refractivity contribution is 6.02. The van der Waals surface area contributed by atoms with Crippen LogP contribution in [0.15, 0.2) is 36.5 Å². The Morgan fingerprint density at radius 1 is 0.875 bits per heavy atom. The first-order valence-corrected chi connectivity index (χ1v) is 5.37. The lowest BCUT2D eigenvalue weighted by molar-refractivity contribution is 1.25. The number of rotatable bonds is 0. The second-order valence-electron chi connectivity index (χ2n) is 4.17. The summed E-state index contributed by atoms with van der Waals surface area (Å²) in [5, 5.41) is 2.31. The molecule has 3 rings (SSSR count). The van der Waals surface area contributed by atoms with Gasteiger partial charge in [-0.15, -0.1) is 0 Å². The molecular weight excluding hydrogens is 196 g/mol. The lowest BCUT2D eigenvalue weighted by Crippen LogP contribution is -1.88. The van der Waals surface area contributed by atoms with E-state index < -0.39 is 0 Å². The van der Waals surface area contributed by atoms with Crippen LogP contribution in [0.25, 0.3) is 21.8 Å². The lowest BCUT2D eigenvalue weighted by atomic mass is 10.1. The number of aromatic nitrogens is 2. The largest absolute Gasteiger partial charge is 0.254 e. The first kappa shape index (κ1) is 9.28. The van der Waals surface area contributed by atoms with Gasteiger partial charge in [-0.1, -0.05) is 18.2 Å². The molecule has 0 saturated carbocycles. The van der Waals surface area contributed by atoms with Crippen molar-refractivity contribution in [2.24, 2.45) is 0 Å². The number of hydrogen-bond donors (Lipinski definition) is 0. The van der Waals surface area contributed by atoms with Crippen LogP contribution < -0.4 is 0 Å². The SMILES string of the molecule is Cc1cnc2c(ccc3ccc(C)nc32)c1. The van der Waals surface area contributed by atoms with E-state index in [0.29, 0.717) is 0 Å². The van der Waals surface area contributed by atoms with E-state index in [1.165, 1.54) is 5.56 Å². The van der Waals surface area contributed by atoms with E-state index in [4.69, 9.17) is 0 Å². The molecule has 0 fully saturated rings. The molecule has 1 aromatic carbocycles. The number of fused-ring (bicyclic) bond motifs is 3. The van der Waals surface area contributed by atoms with Gasteiger partial charge in [0.25, 0.3) is 0 Å². The summed E-state index contributed by atoms with van der Waals surface area (Å²) in [7, 11) is 0. The number of benzene rings is 1. The van der Waals surface area contributed by atoms with Crippen molar-refractivity contribution in [2.75, 3.05) is 0 Å². The molecule has 2 heteroatoms.